The summed E-state index contributed by atoms with van der Waals surface area (Å²) in [6.07, 6.45) is 0.110. The van der Waals surface area contributed by atoms with Crippen LogP contribution in [-0.4, -0.2) is 39.4 Å². The fourth-order valence-corrected chi connectivity index (χ4v) is 4.59. The van der Waals surface area contributed by atoms with Gasteiger partial charge in [0.2, 0.25) is 17.0 Å². The quantitative estimate of drug-likeness (QED) is 0.481. The van der Waals surface area contributed by atoms with E-state index in [1.54, 1.807) is 13.2 Å². The molecule has 31 heavy (non-hydrogen) atoms. The number of hydrogen-bond donors (Lipinski definition) is 1. The van der Waals surface area contributed by atoms with E-state index in [-0.39, 0.29) is 18.2 Å². The summed E-state index contributed by atoms with van der Waals surface area (Å²) < 4.78 is 5.17. The van der Waals surface area contributed by atoms with Crippen LogP contribution in [0.15, 0.2) is 71.9 Å². The second-order valence-corrected chi connectivity index (χ2v) is 8.24. The molecule has 2 amide bonds. The maximum absolute atomic E-state index is 13.1. The monoisotopic (exact) mass is 430 g/mol. The van der Waals surface area contributed by atoms with Crippen LogP contribution in [0.5, 0.6) is 5.75 Å². The summed E-state index contributed by atoms with van der Waals surface area (Å²) in [6.45, 7) is 0. The van der Waals surface area contributed by atoms with Gasteiger partial charge in [-0.05, 0) is 35.7 Å². The predicted octanol–water partition coefficient (Wildman–Crippen LogP) is 4.06. The van der Waals surface area contributed by atoms with Gasteiger partial charge in [0.05, 0.1) is 12.8 Å². The highest BCUT2D eigenvalue weighted by Gasteiger charge is 2.41. The van der Waals surface area contributed by atoms with Gasteiger partial charge < -0.3 is 4.74 Å². The van der Waals surface area contributed by atoms with Crippen molar-refractivity contribution in [2.75, 3.05) is 12.0 Å². The fourth-order valence-electron chi connectivity index (χ4n) is 3.66. The number of amides is 2. The number of H-pyrrole nitrogens is 1. The Morgan fingerprint density at radius 3 is 2.61 bits per heavy atom. The Bertz CT molecular complexity index is 1280. The van der Waals surface area contributed by atoms with Gasteiger partial charge in [-0.3, -0.25) is 14.7 Å². The maximum Gasteiger partial charge on any atom is 0.247 e. The second-order valence-electron chi connectivity index (χ2n) is 7.07. The first-order valence-corrected chi connectivity index (χ1v) is 10.6. The lowest BCUT2D eigenvalue weighted by atomic mass is 10.1. The molecular formula is C23H18N4O3S. The lowest BCUT2D eigenvalue weighted by Crippen LogP contribution is -2.31. The van der Waals surface area contributed by atoms with E-state index in [9.17, 15) is 9.59 Å². The van der Waals surface area contributed by atoms with Crippen LogP contribution in [0.4, 0.5) is 5.69 Å². The number of fused-ring (bicyclic) bond motifs is 1. The normalized spacial score (nSPS) is 16.3. The molecule has 1 N–H and O–H groups in total. The number of ether oxygens (including phenoxy) is 1. The molecule has 8 heteroatoms. The van der Waals surface area contributed by atoms with Crippen LogP contribution in [0.3, 0.4) is 0 Å². The smallest absolute Gasteiger partial charge is 0.247 e. The van der Waals surface area contributed by atoms with Crippen molar-refractivity contribution in [1.82, 2.24) is 15.2 Å². The molecule has 1 aromatic heterocycles. The predicted molar refractivity (Wildman–Crippen MR) is 119 cm³/mol. The molecule has 7 nitrogen and oxygen atoms in total. The van der Waals surface area contributed by atoms with Gasteiger partial charge in [0, 0.05) is 17.4 Å². The van der Waals surface area contributed by atoms with Gasteiger partial charge in [-0.15, -0.1) is 5.10 Å². The number of nitrogens with zero attached hydrogens (tertiary/aromatic N) is 3. The first kappa shape index (κ1) is 19.3. The first-order valence-electron chi connectivity index (χ1n) is 9.72. The van der Waals surface area contributed by atoms with Crippen LogP contribution in [0, 0.1) is 0 Å². The standard InChI is InChI=1S/C23H18N4O3S/c1-30-16-11-9-15(10-12-16)21-24-23(26-25-21)31-19-13-20(28)27(22(19)29)18-8-4-6-14-5-2-3-7-17(14)18/h2-12,19H,13H2,1H3,(H,24,25,26). The van der Waals surface area contributed by atoms with E-state index in [4.69, 9.17) is 4.74 Å². The minimum absolute atomic E-state index is 0.110. The summed E-state index contributed by atoms with van der Waals surface area (Å²) in [5.41, 5.74) is 1.47. The number of rotatable bonds is 5. The number of anilines is 1. The zero-order valence-corrected chi connectivity index (χ0v) is 17.4. The lowest BCUT2D eigenvalue weighted by molar-refractivity contribution is -0.121. The van der Waals surface area contributed by atoms with E-state index < -0.39 is 5.25 Å². The second kappa shape index (κ2) is 7.88. The van der Waals surface area contributed by atoms with E-state index in [0.717, 1.165) is 22.1 Å². The van der Waals surface area contributed by atoms with Crippen LogP contribution < -0.4 is 9.64 Å². The third-order valence-corrected chi connectivity index (χ3v) is 6.23. The van der Waals surface area contributed by atoms with Crippen LogP contribution >= 0.6 is 11.8 Å². The number of imide groups is 1. The fraction of sp³-hybridized carbons (Fsp3) is 0.130. The minimum atomic E-state index is -0.564. The summed E-state index contributed by atoms with van der Waals surface area (Å²) in [6, 6.07) is 20.8. The molecule has 0 saturated carbocycles. The molecule has 1 atom stereocenters. The van der Waals surface area contributed by atoms with Crippen molar-refractivity contribution in [3.63, 3.8) is 0 Å². The number of hydrogen-bond acceptors (Lipinski definition) is 6. The Balaban J connectivity index is 1.37. The molecule has 1 aliphatic rings. The number of benzene rings is 3. The lowest BCUT2D eigenvalue weighted by Gasteiger charge is -2.17. The largest absolute Gasteiger partial charge is 0.497 e. The molecule has 1 unspecified atom stereocenters. The van der Waals surface area contributed by atoms with E-state index >= 15 is 0 Å². The third kappa shape index (κ3) is 3.55. The topological polar surface area (TPSA) is 88.2 Å². The summed E-state index contributed by atoms with van der Waals surface area (Å²) in [7, 11) is 1.61. The molecule has 1 saturated heterocycles. The van der Waals surface area contributed by atoms with E-state index in [1.807, 2.05) is 60.7 Å². The van der Waals surface area contributed by atoms with Crippen molar-refractivity contribution in [1.29, 1.82) is 0 Å². The third-order valence-electron chi connectivity index (χ3n) is 5.19. The number of aromatic nitrogens is 3. The molecule has 5 rings (SSSR count). The molecule has 0 spiro atoms. The number of carbonyl (C=O) groups is 2. The summed E-state index contributed by atoms with van der Waals surface area (Å²) >= 11 is 1.20. The summed E-state index contributed by atoms with van der Waals surface area (Å²) in [5.74, 6) is 0.876. The number of nitrogens with one attached hydrogen (secondary N) is 1. The molecule has 1 aliphatic heterocycles. The average molecular weight is 430 g/mol. The van der Waals surface area contributed by atoms with Crippen molar-refractivity contribution < 1.29 is 14.3 Å². The van der Waals surface area contributed by atoms with Crippen molar-refractivity contribution in [2.24, 2.45) is 0 Å². The molecule has 0 radical (unpaired) electrons. The van der Waals surface area contributed by atoms with Crippen molar-refractivity contribution >= 4 is 40.0 Å². The number of thioether (sulfide) groups is 1. The molecule has 3 aromatic carbocycles. The Hall–Kier alpha value is -3.65. The molecule has 1 fully saturated rings. The maximum atomic E-state index is 13.1. The molecule has 2 heterocycles. The van der Waals surface area contributed by atoms with Gasteiger partial charge in [-0.1, -0.05) is 48.2 Å². The Morgan fingerprint density at radius 2 is 1.81 bits per heavy atom. The van der Waals surface area contributed by atoms with E-state index in [1.165, 1.54) is 16.7 Å². The van der Waals surface area contributed by atoms with Gasteiger partial charge in [0.15, 0.2) is 5.82 Å². The van der Waals surface area contributed by atoms with Crippen LogP contribution in [0.25, 0.3) is 22.2 Å². The Morgan fingerprint density at radius 1 is 1.03 bits per heavy atom. The number of aromatic amines is 1. The Kier molecular flexibility index (Phi) is 4.91. The number of carbonyl (C=O) groups excluding carboxylic acids is 2. The number of methoxy groups -OCH3 is 1. The Labute approximate surface area is 182 Å². The molecule has 0 aliphatic carbocycles. The highest BCUT2D eigenvalue weighted by Crippen LogP contribution is 2.36. The van der Waals surface area contributed by atoms with Gasteiger partial charge in [0.25, 0.3) is 0 Å². The highest BCUT2D eigenvalue weighted by atomic mass is 32.2. The zero-order valence-electron chi connectivity index (χ0n) is 16.6. The SMILES string of the molecule is COc1ccc(-c2nc(SC3CC(=O)N(c4cccc5ccccc45)C3=O)n[nH]2)cc1. The molecule has 0 bridgehead atoms. The average Bonchev–Trinajstić information content (AvgIpc) is 3.38. The summed E-state index contributed by atoms with van der Waals surface area (Å²) in [4.78, 5) is 31.6. The van der Waals surface area contributed by atoms with Crippen LogP contribution in [-0.2, 0) is 9.59 Å². The van der Waals surface area contributed by atoms with Crippen molar-refractivity contribution in [3.8, 4) is 17.1 Å². The van der Waals surface area contributed by atoms with E-state index in [0.29, 0.717) is 16.7 Å². The molecule has 4 aromatic rings. The minimum Gasteiger partial charge on any atom is -0.497 e. The van der Waals surface area contributed by atoms with Gasteiger partial charge in [0.1, 0.15) is 11.0 Å². The summed E-state index contributed by atoms with van der Waals surface area (Å²) in [5, 5.41) is 8.83. The van der Waals surface area contributed by atoms with Crippen molar-refractivity contribution in [3.05, 3.63) is 66.7 Å². The van der Waals surface area contributed by atoms with Gasteiger partial charge in [-0.25, -0.2) is 9.88 Å². The highest BCUT2D eigenvalue weighted by molar-refractivity contribution is 8.00. The van der Waals surface area contributed by atoms with E-state index in [2.05, 4.69) is 15.2 Å². The van der Waals surface area contributed by atoms with Crippen LogP contribution in [0.1, 0.15) is 6.42 Å². The van der Waals surface area contributed by atoms with Gasteiger partial charge in [-0.2, -0.15) is 0 Å². The molecular weight excluding hydrogens is 412 g/mol. The van der Waals surface area contributed by atoms with Gasteiger partial charge >= 0.3 is 0 Å². The first-order chi connectivity index (χ1) is 15.1. The van der Waals surface area contributed by atoms with Crippen molar-refractivity contribution in [2.45, 2.75) is 16.8 Å². The molecule has 154 valence electrons. The van der Waals surface area contributed by atoms with Crippen LogP contribution in [0.2, 0.25) is 0 Å². The zero-order chi connectivity index (χ0) is 21.4.